The molecule has 0 amide bonds. The van der Waals surface area contributed by atoms with Gasteiger partial charge in [-0.25, -0.2) is 0 Å². The van der Waals surface area contributed by atoms with Crippen LogP contribution in [0.2, 0.25) is 0 Å². The smallest absolute Gasteiger partial charge is 0.309 e. The maximum Gasteiger partial charge on any atom is 0.309 e. The third kappa shape index (κ3) is 9.26. The zero-order valence-electron chi connectivity index (χ0n) is 9.21. The molecule has 0 rings (SSSR count). The number of nitrogens with one attached hydrogen (secondary N) is 1. The van der Waals surface area contributed by atoms with Crippen LogP contribution in [-0.4, -0.2) is 25.7 Å². The van der Waals surface area contributed by atoms with Crippen LogP contribution in [0.1, 0.15) is 33.1 Å². The lowest BCUT2D eigenvalue weighted by Crippen LogP contribution is -2.14. The van der Waals surface area contributed by atoms with E-state index in [9.17, 15) is 4.79 Å². The van der Waals surface area contributed by atoms with Crippen molar-refractivity contribution in [3.8, 4) is 0 Å². The van der Waals surface area contributed by atoms with Crippen LogP contribution in [0.4, 0.5) is 0 Å². The number of hydrogen-bond acceptors (Lipinski definition) is 3. The highest BCUT2D eigenvalue weighted by Gasteiger charge is 1.95. The molecule has 0 bridgehead atoms. The van der Waals surface area contributed by atoms with Crippen molar-refractivity contribution >= 4 is 5.97 Å². The number of rotatable bonds is 8. The molecule has 0 saturated heterocycles. The molecule has 0 aliphatic heterocycles. The van der Waals surface area contributed by atoms with Gasteiger partial charge in [0.25, 0.3) is 0 Å². The molecule has 0 atom stereocenters. The Kier molecular flexibility index (Phi) is 9.64. The van der Waals surface area contributed by atoms with Crippen molar-refractivity contribution in [1.82, 2.24) is 5.32 Å². The molecule has 0 aliphatic carbocycles. The third-order valence-corrected chi connectivity index (χ3v) is 1.73. The monoisotopic (exact) mass is 199 g/mol. The minimum Gasteiger partial charge on any atom is -0.466 e. The van der Waals surface area contributed by atoms with Gasteiger partial charge in [0, 0.05) is 6.54 Å². The molecule has 0 spiro atoms. The zero-order chi connectivity index (χ0) is 10.6. The van der Waals surface area contributed by atoms with Crippen molar-refractivity contribution in [1.29, 1.82) is 0 Å². The van der Waals surface area contributed by atoms with E-state index in [0.29, 0.717) is 13.0 Å². The molecule has 0 saturated carbocycles. The van der Waals surface area contributed by atoms with Crippen LogP contribution in [-0.2, 0) is 9.53 Å². The second-order valence-corrected chi connectivity index (χ2v) is 3.04. The van der Waals surface area contributed by atoms with Gasteiger partial charge < -0.3 is 10.1 Å². The Morgan fingerprint density at radius 2 is 2.14 bits per heavy atom. The Bertz CT molecular complexity index is 167. The van der Waals surface area contributed by atoms with E-state index in [1.807, 2.05) is 19.1 Å². The summed E-state index contributed by atoms with van der Waals surface area (Å²) < 4.78 is 4.78. The lowest BCUT2D eigenvalue weighted by molar-refractivity contribution is -0.142. The Labute approximate surface area is 86.5 Å². The van der Waals surface area contributed by atoms with Gasteiger partial charge in [-0.15, -0.1) is 0 Å². The number of ether oxygens (including phenoxy) is 1. The van der Waals surface area contributed by atoms with Crippen LogP contribution in [0.15, 0.2) is 12.2 Å². The normalized spacial score (nSPS) is 10.7. The van der Waals surface area contributed by atoms with E-state index in [4.69, 9.17) is 4.74 Å². The molecular formula is C11H21NO2. The van der Waals surface area contributed by atoms with E-state index in [1.54, 1.807) is 0 Å². The van der Waals surface area contributed by atoms with Crippen molar-refractivity contribution in [2.75, 3.05) is 19.7 Å². The van der Waals surface area contributed by atoms with Gasteiger partial charge in [-0.1, -0.05) is 25.5 Å². The summed E-state index contributed by atoms with van der Waals surface area (Å²) in [7, 11) is 0. The fraction of sp³-hybridized carbons (Fsp3) is 0.727. The number of carbonyl (C=O) groups excluding carboxylic acids is 1. The number of esters is 1. The SMILES string of the molecule is CCCCNC/C=C/CC(=O)OCC. The summed E-state index contributed by atoms with van der Waals surface area (Å²) >= 11 is 0. The fourth-order valence-corrected chi connectivity index (χ4v) is 0.970. The van der Waals surface area contributed by atoms with Gasteiger partial charge in [-0.2, -0.15) is 0 Å². The van der Waals surface area contributed by atoms with Crippen LogP contribution < -0.4 is 5.32 Å². The van der Waals surface area contributed by atoms with E-state index >= 15 is 0 Å². The molecule has 0 fully saturated rings. The Hall–Kier alpha value is -0.830. The molecule has 0 aromatic heterocycles. The van der Waals surface area contributed by atoms with Crippen LogP contribution in [0, 0.1) is 0 Å². The first-order valence-electron chi connectivity index (χ1n) is 5.32. The van der Waals surface area contributed by atoms with Gasteiger partial charge in [-0.05, 0) is 19.9 Å². The Balaban J connectivity index is 3.22. The number of hydrogen-bond donors (Lipinski definition) is 1. The number of unbranched alkanes of at least 4 members (excludes halogenated alkanes) is 1. The highest BCUT2D eigenvalue weighted by molar-refractivity contribution is 5.71. The first-order valence-corrected chi connectivity index (χ1v) is 5.32. The predicted octanol–water partition coefficient (Wildman–Crippen LogP) is 1.89. The standard InChI is InChI=1S/C11H21NO2/c1-3-5-9-12-10-7-6-8-11(13)14-4-2/h6-7,12H,3-5,8-10H2,1-2H3/b7-6+. The van der Waals surface area contributed by atoms with Gasteiger partial charge in [0.2, 0.25) is 0 Å². The van der Waals surface area contributed by atoms with Gasteiger partial charge >= 0.3 is 5.97 Å². The summed E-state index contributed by atoms with van der Waals surface area (Å²) in [4.78, 5) is 10.9. The second kappa shape index (κ2) is 10.3. The molecule has 3 heteroatoms. The largest absolute Gasteiger partial charge is 0.466 e. The molecule has 0 radical (unpaired) electrons. The van der Waals surface area contributed by atoms with Crippen LogP contribution in [0.3, 0.4) is 0 Å². The molecular weight excluding hydrogens is 178 g/mol. The fourth-order valence-electron chi connectivity index (χ4n) is 0.970. The Morgan fingerprint density at radius 3 is 2.79 bits per heavy atom. The summed E-state index contributed by atoms with van der Waals surface area (Å²) in [6.45, 7) is 6.31. The molecule has 0 aromatic carbocycles. The second-order valence-electron chi connectivity index (χ2n) is 3.04. The van der Waals surface area contributed by atoms with Crippen molar-refractivity contribution < 1.29 is 9.53 Å². The molecule has 1 N–H and O–H groups in total. The highest BCUT2D eigenvalue weighted by atomic mass is 16.5. The predicted molar refractivity (Wildman–Crippen MR) is 58.2 cm³/mol. The summed E-state index contributed by atoms with van der Waals surface area (Å²) in [5.41, 5.74) is 0. The highest BCUT2D eigenvalue weighted by Crippen LogP contribution is 1.88. The minimum atomic E-state index is -0.155. The summed E-state index contributed by atoms with van der Waals surface area (Å²) in [6.07, 6.45) is 6.60. The summed E-state index contributed by atoms with van der Waals surface area (Å²) in [6, 6.07) is 0. The van der Waals surface area contributed by atoms with Gasteiger partial charge in [0.1, 0.15) is 0 Å². The lowest BCUT2D eigenvalue weighted by atomic mass is 10.3. The van der Waals surface area contributed by atoms with E-state index in [-0.39, 0.29) is 5.97 Å². The molecule has 0 aliphatic rings. The molecule has 82 valence electrons. The molecule has 0 heterocycles. The first kappa shape index (κ1) is 13.2. The summed E-state index contributed by atoms with van der Waals surface area (Å²) in [5.74, 6) is -0.155. The van der Waals surface area contributed by atoms with Crippen molar-refractivity contribution in [3.05, 3.63) is 12.2 Å². The average molecular weight is 199 g/mol. The van der Waals surface area contributed by atoms with Gasteiger partial charge in [0.05, 0.1) is 13.0 Å². The van der Waals surface area contributed by atoms with E-state index in [2.05, 4.69) is 12.2 Å². The number of carbonyl (C=O) groups is 1. The van der Waals surface area contributed by atoms with E-state index in [1.165, 1.54) is 12.8 Å². The van der Waals surface area contributed by atoms with Gasteiger partial charge in [-0.3, -0.25) is 4.79 Å². The lowest BCUT2D eigenvalue weighted by Gasteiger charge is -1.98. The van der Waals surface area contributed by atoms with Crippen molar-refractivity contribution in [2.24, 2.45) is 0 Å². The third-order valence-electron chi connectivity index (χ3n) is 1.73. The molecule has 0 aromatic rings. The quantitative estimate of drug-likeness (QED) is 0.368. The van der Waals surface area contributed by atoms with Crippen molar-refractivity contribution in [2.45, 2.75) is 33.1 Å². The molecule has 14 heavy (non-hydrogen) atoms. The van der Waals surface area contributed by atoms with Crippen LogP contribution >= 0.6 is 0 Å². The van der Waals surface area contributed by atoms with E-state index < -0.39 is 0 Å². The van der Waals surface area contributed by atoms with Crippen molar-refractivity contribution in [3.63, 3.8) is 0 Å². The van der Waals surface area contributed by atoms with E-state index in [0.717, 1.165) is 13.1 Å². The molecule has 0 unspecified atom stereocenters. The first-order chi connectivity index (χ1) is 6.81. The van der Waals surface area contributed by atoms with Crippen LogP contribution in [0.25, 0.3) is 0 Å². The summed E-state index contributed by atoms with van der Waals surface area (Å²) in [5, 5.41) is 3.25. The Morgan fingerprint density at radius 1 is 1.36 bits per heavy atom. The maximum atomic E-state index is 10.9. The topological polar surface area (TPSA) is 38.3 Å². The van der Waals surface area contributed by atoms with Crippen LogP contribution in [0.5, 0.6) is 0 Å². The maximum absolute atomic E-state index is 10.9. The zero-order valence-corrected chi connectivity index (χ0v) is 9.21. The average Bonchev–Trinajstić information content (AvgIpc) is 2.17. The molecule has 3 nitrogen and oxygen atoms in total. The minimum absolute atomic E-state index is 0.155. The van der Waals surface area contributed by atoms with Gasteiger partial charge in [0.15, 0.2) is 0 Å².